The van der Waals surface area contributed by atoms with E-state index >= 15 is 0 Å². The fraction of sp³-hybridized carbons (Fsp3) is 0.429. The van der Waals surface area contributed by atoms with Crippen LogP contribution >= 0.6 is 11.3 Å². The van der Waals surface area contributed by atoms with Gasteiger partial charge in [-0.3, -0.25) is 9.59 Å². The molecular formula is C21H27N3O2S. The molecule has 2 aromatic rings. The van der Waals surface area contributed by atoms with Crippen LogP contribution in [0.2, 0.25) is 0 Å². The number of benzene rings is 1. The Bertz CT molecular complexity index is 755. The third-order valence-electron chi connectivity index (χ3n) is 4.91. The Kier molecular flexibility index (Phi) is 6.87. The van der Waals surface area contributed by atoms with Gasteiger partial charge in [-0.25, -0.2) is 0 Å². The van der Waals surface area contributed by atoms with E-state index in [1.165, 1.54) is 35.4 Å². The number of hydrogen-bond acceptors (Lipinski definition) is 4. The lowest BCUT2D eigenvalue weighted by Gasteiger charge is -2.24. The van der Waals surface area contributed by atoms with Crippen LogP contribution < -0.4 is 10.2 Å². The molecule has 0 aliphatic carbocycles. The van der Waals surface area contributed by atoms with Crippen molar-refractivity contribution in [3.05, 3.63) is 52.2 Å². The van der Waals surface area contributed by atoms with E-state index in [0.29, 0.717) is 31.5 Å². The first-order valence-electron chi connectivity index (χ1n) is 9.52. The van der Waals surface area contributed by atoms with Crippen molar-refractivity contribution in [3.63, 3.8) is 0 Å². The number of carbonyl (C=O) groups is 2. The fourth-order valence-corrected chi connectivity index (χ4v) is 4.02. The van der Waals surface area contributed by atoms with Gasteiger partial charge in [0, 0.05) is 56.3 Å². The second kappa shape index (κ2) is 9.55. The number of nitrogens with one attached hydrogen (secondary N) is 1. The molecule has 1 aliphatic rings. The summed E-state index contributed by atoms with van der Waals surface area (Å²) in [5, 5.41) is 6.57. The average molecular weight is 386 g/mol. The third kappa shape index (κ3) is 5.32. The molecule has 5 nitrogen and oxygen atoms in total. The van der Waals surface area contributed by atoms with Gasteiger partial charge in [-0.15, -0.1) is 0 Å². The summed E-state index contributed by atoms with van der Waals surface area (Å²) in [5.41, 5.74) is 3.13. The molecule has 0 unspecified atom stereocenters. The highest BCUT2D eigenvalue weighted by molar-refractivity contribution is 7.08. The molecular weight excluding hydrogens is 358 g/mol. The van der Waals surface area contributed by atoms with Crippen molar-refractivity contribution in [3.8, 4) is 0 Å². The SMILES string of the molecule is CN(Cc1ccccc1N1CCCC1)C(=O)CCCNC(=O)c1ccsc1. The predicted octanol–water partition coefficient (Wildman–Crippen LogP) is 3.52. The fourth-order valence-electron chi connectivity index (χ4n) is 3.38. The molecule has 1 aromatic carbocycles. The molecule has 0 spiro atoms. The molecule has 1 fully saturated rings. The minimum atomic E-state index is -0.0726. The zero-order chi connectivity index (χ0) is 19.1. The Hall–Kier alpha value is -2.34. The number of amides is 2. The van der Waals surface area contributed by atoms with E-state index in [2.05, 4.69) is 28.4 Å². The van der Waals surface area contributed by atoms with Gasteiger partial charge in [0.25, 0.3) is 5.91 Å². The number of carbonyl (C=O) groups excluding carboxylic acids is 2. The van der Waals surface area contributed by atoms with Crippen LogP contribution in [-0.4, -0.2) is 43.4 Å². The van der Waals surface area contributed by atoms with Crippen LogP contribution in [0.3, 0.4) is 0 Å². The maximum atomic E-state index is 12.5. The summed E-state index contributed by atoms with van der Waals surface area (Å²) >= 11 is 1.50. The smallest absolute Gasteiger partial charge is 0.252 e. The summed E-state index contributed by atoms with van der Waals surface area (Å²) in [4.78, 5) is 28.5. The van der Waals surface area contributed by atoms with Gasteiger partial charge in [-0.2, -0.15) is 11.3 Å². The molecule has 2 amide bonds. The number of nitrogens with zero attached hydrogens (tertiary/aromatic N) is 2. The summed E-state index contributed by atoms with van der Waals surface area (Å²) in [6, 6.07) is 10.2. The zero-order valence-electron chi connectivity index (χ0n) is 15.8. The minimum Gasteiger partial charge on any atom is -0.371 e. The second-order valence-electron chi connectivity index (χ2n) is 6.94. The second-order valence-corrected chi connectivity index (χ2v) is 7.72. The van der Waals surface area contributed by atoms with Gasteiger partial charge in [0.1, 0.15) is 0 Å². The standard InChI is InChI=1S/C21H27N3O2S/c1-23(15-17-7-2-3-8-19(17)24-12-4-5-13-24)20(25)9-6-11-22-21(26)18-10-14-27-16-18/h2-3,7-8,10,14,16H,4-6,9,11-13,15H2,1H3,(H,22,26). The first-order valence-corrected chi connectivity index (χ1v) is 10.5. The maximum Gasteiger partial charge on any atom is 0.252 e. The van der Waals surface area contributed by atoms with Gasteiger partial charge in [-0.05, 0) is 42.3 Å². The molecule has 0 bridgehead atoms. The Labute approximate surface area is 165 Å². The number of hydrogen-bond donors (Lipinski definition) is 1. The van der Waals surface area contributed by atoms with E-state index in [-0.39, 0.29) is 11.8 Å². The Morgan fingerprint density at radius 2 is 1.96 bits per heavy atom. The van der Waals surface area contributed by atoms with E-state index in [9.17, 15) is 9.59 Å². The van der Waals surface area contributed by atoms with E-state index in [1.807, 2.05) is 23.9 Å². The highest BCUT2D eigenvalue weighted by atomic mass is 32.1. The van der Waals surface area contributed by atoms with Gasteiger partial charge < -0.3 is 15.1 Å². The van der Waals surface area contributed by atoms with E-state index in [4.69, 9.17) is 0 Å². The molecule has 0 radical (unpaired) electrons. The van der Waals surface area contributed by atoms with Crippen LogP contribution in [0, 0.1) is 0 Å². The molecule has 2 heterocycles. The van der Waals surface area contributed by atoms with Crippen LogP contribution in [0.1, 0.15) is 41.6 Å². The highest BCUT2D eigenvalue weighted by Crippen LogP contribution is 2.25. The molecule has 6 heteroatoms. The van der Waals surface area contributed by atoms with Crippen LogP contribution in [0.5, 0.6) is 0 Å². The van der Waals surface area contributed by atoms with Crippen molar-refractivity contribution in [2.24, 2.45) is 0 Å². The lowest BCUT2D eigenvalue weighted by Crippen LogP contribution is -2.29. The van der Waals surface area contributed by atoms with Crippen molar-refractivity contribution in [1.82, 2.24) is 10.2 Å². The van der Waals surface area contributed by atoms with Crippen LogP contribution in [0.4, 0.5) is 5.69 Å². The molecule has 27 heavy (non-hydrogen) atoms. The number of thiophene rings is 1. The lowest BCUT2D eigenvalue weighted by molar-refractivity contribution is -0.130. The first-order chi connectivity index (χ1) is 13.1. The largest absolute Gasteiger partial charge is 0.371 e. The van der Waals surface area contributed by atoms with E-state index < -0.39 is 0 Å². The van der Waals surface area contributed by atoms with Gasteiger partial charge in [0.15, 0.2) is 0 Å². The van der Waals surface area contributed by atoms with E-state index in [0.717, 1.165) is 13.1 Å². The minimum absolute atomic E-state index is 0.0726. The summed E-state index contributed by atoms with van der Waals surface area (Å²) in [5.74, 6) is 0.0348. The average Bonchev–Trinajstić information content (AvgIpc) is 3.39. The Morgan fingerprint density at radius 3 is 2.70 bits per heavy atom. The summed E-state index contributed by atoms with van der Waals surface area (Å²) in [6.07, 6.45) is 3.56. The normalized spacial score (nSPS) is 13.6. The Morgan fingerprint density at radius 1 is 1.19 bits per heavy atom. The molecule has 1 N–H and O–H groups in total. The van der Waals surface area contributed by atoms with Crippen molar-refractivity contribution >= 4 is 28.8 Å². The molecule has 3 rings (SSSR count). The van der Waals surface area contributed by atoms with Gasteiger partial charge in [0.2, 0.25) is 5.91 Å². The predicted molar refractivity (Wildman–Crippen MR) is 110 cm³/mol. The molecule has 0 atom stereocenters. The Balaban J connectivity index is 1.45. The van der Waals surface area contributed by atoms with Crippen molar-refractivity contribution in [2.75, 3.05) is 31.6 Å². The van der Waals surface area contributed by atoms with Crippen LogP contribution in [-0.2, 0) is 11.3 Å². The van der Waals surface area contributed by atoms with Gasteiger partial charge in [0.05, 0.1) is 0 Å². The third-order valence-corrected chi connectivity index (χ3v) is 5.59. The quantitative estimate of drug-likeness (QED) is 0.708. The number of rotatable bonds is 8. The van der Waals surface area contributed by atoms with Gasteiger partial charge >= 0.3 is 0 Å². The zero-order valence-corrected chi connectivity index (χ0v) is 16.6. The molecule has 0 saturated carbocycles. The van der Waals surface area contributed by atoms with Crippen molar-refractivity contribution in [2.45, 2.75) is 32.2 Å². The highest BCUT2D eigenvalue weighted by Gasteiger charge is 2.17. The van der Waals surface area contributed by atoms with Crippen molar-refractivity contribution < 1.29 is 9.59 Å². The first kappa shape index (κ1) is 19.4. The topological polar surface area (TPSA) is 52.6 Å². The van der Waals surface area contributed by atoms with Crippen LogP contribution in [0.25, 0.3) is 0 Å². The number of para-hydroxylation sites is 1. The molecule has 1 aromatic heterocycles. The van der Waals surface area contributed by atoms with Crippen molar-refractivity contribution in [1.29, 1.82) is 0 Å². The van der Waals surface area contributed by atoms with Crippen LogP contribution in [0.15, 0.2) is 41.1 Å². The van der Waals surface area contributed by atoms with Gasteiger partial charge in [-0.1, -0.05) is 18.2 Å². The lowest BCUT2D eigenvalue weighted by atomic mass is 10.1. The molecule has 1 aliphatic heterocycles. The summed E-state index contributed by atoms with van der Waals surface area (Å²) in [7, 11) is 1.85. The molecule has 1 saturated heterocycles. The summed E-state index contributed by atoms with van der Waals surface area (Å²) in [6.45, 7) is 3.32. The number of anilines is 1. The maximum absolute atomic E-state index is 12.5. The molecule has 144 valence electrons. The monoisotopic (exact) mass is 385 g/mol. The summed E-state index contributed by atoms with van der Waals surface area (Å²) < 4.78 is 0. The van der Waals surface area contributed by atoms with E-state index in [1.54, 1.807) is 11.0 Å².